The van der Waals surface area contributed by atoms with Crippen molar-refractivity contribution in [2.45, 2.75) is 44.6 Å². The van der Waals surface area contributed by atoms with Gasteiger partial charge in [0, 0.05) is 25.2 Å². The summed E-state index contributed by atoms with van der Waals surface area (Å²) in [6.45, 7) is 2.61. The van der Waals surface area contributed by atoms with Gasteiger partial charge in [-0.3, -0.25) is 9.59 Å². The van der Waals surface area contributed by atoms with Crippen molar-refractivity contribution < 1.29 is 9.59 Å². The van der Waals surface area contributed by atoms with Crippen molar-refractivity contribution in [1.82, 2.24) is 4.90 Å². The van der Waals surface area contributed by atoms with E-state index < -0.39 is 0 Å². The van der Waals surface area contributed by atoms with Gasteiger partial charge in [0.15, 0.2) is 0 Å². The molecule has 0 saturated carbocycles. The average molecular weight is 313 g/mol. The molecule has 2 amide bonds. The molecule has 2 fully saturated rings. The number of fused-ring (bicyclic) bond motifs is 3. The Balaban J connectivity index is 1.60. The Morgan fingerprint density at radius 3 is 2.61 bits per heavy atom. The van der Waals surface area contributed by atoms with E-state index in [1.54, 1.807) is 0 Å². The zero-order valence-electron chi connectivity index (χ0n) is 13.4. The number of carbonyl (C=O) groups is 2. The van der Waals surface area contributed by atoms with Gasteiger partial charge in [-0.05, 0) is 43.9 Å². The van der Waals surface area contributed by atoms with Crippen LogP contribution in [0.2, 0.25) is 0 Å². The minimum Gasteiger partial charge on any atom is -0.358 e. The molecule has 1 aromatic carbocycles. The van der Waals surface area contributed by atoms with Crippen molar-refractivity contribution in [1.29, 1.82) is 0 Å². The third-order valence-electron chi connectivity index (χ3n) is 5.26. The highest BCUT2D eigenvalue weighted by Crippen LogP contribution is 2.37. The molecule has 122 valence electrons. The average Bonchev–Trinajstić information content (AvgIpc) is 2.90. The number of nitrogens with zero attached hydrogens (tertiary/aromatic N) is 2. The van der Waals surface area contributed by atoms with Crippen molar-refractivity contribution >= 4 is 23.2 Å². The molecule has 3 heterocycles. The molecule has 1 atom stereocenters. The zero-order chi connectivity index (χ0) is 15.8. The van der Waals surface area contributed by atoms with Crippen LogP contribution in [0.25, 0.3) is 0 Å². The fourth-order valence-corrected chi connectivity index (χ4v) is 4.02. The molecule has 5 heteroatoms. The summed E-state index contributed by atoms with van der Waals surface area (Å²) in [7, 11) is 0. The van der Waals surface area contributed by atoms with E-state index in [9.17, 15) is 9.59 Å². The molecule has 0 spiro atoms. The molecule has 3 aliphatic heterocycles. The Kier molecular flexibility index (Phi) is 3.71. The fourth-order valence-electron chi connectivity index (χ4n) is 4.02. The number of carbonyl (C=O) groups excluding carboxylic acids is 2. The first-order valence-electron chi connectivity index (χ1n) is 8.75. The normalized spacial score (nSPS) is 23.8. The summed E-state index contributed by atoms with van der Waals surface area (Å²) in [5, 5.41) is 2.99. The van der Waals surface area contributed by atoms with Crippen molar-refractivity contribution in [3.8, 4) is 0 Å². The number of nitrogens with one attached hydrogen (secondary N) is 1. The second-order valence-corrected chi connectivity index (χ2v) is 6.78. The number of hydrogen-bond acceptors (Lipinski definition) is 3. The second-order valence-electron chi connectivity index (χ2n) is 6.78. The first-order valence-corrected chi connectivity index (χ1v) is 8.75. The topological polar surface area (TPSA) is 52.7 Å². The molecule has 0 radical (unpaired) electrons. The minimum atomic E-state index is -0.0327. The number of rotatable bonds is 1. The smallest absolute Gasteiger partial charge is 0.253 e. The molecule has 2 saturated heterocycles. The first-order chi connectivity index (χ1) is 11.2. The van der Waals surface area contributed by atoms with Gasteiger partial charge in [-0.1, -0.05) is 12.8 Å². The summed E-state index contributed by atoms with van der Waals surface area (Å²) in [6.07, 6.45) is 6.55. The van der Waals surface area contributed by atoms with E-state index in [1.807, 2.05) is 23.1 Å². The highest BCUT2D eigenvalue weighted by atomic mass is 16.2. The zero-order valence-corrected chi connectivity index (χ0v) is 13.4. The predicted octanol–water partition coefficient (Wildman–Crippen LogP) is 2.62. The van der Waals surface area contributed by atoms with Crippen LogP contribution in [0.15, 0.2) is 18.2 Å². The fraction of sp³-hybridized carbons (Fsp3) is 0.556. The van der Waals surface area contributed by atoms with E-state index in [2.05, 4.69) is 10.2 Å². The van der Waals surface area contributed by atoms with Crippen LogP contribution in [0.1, 0.15) is 48.9 Å². The second kappa shape index (κ2) is 5.87. The Hall–Kier alpha value is -2.04. The monoisotopic (exact) mass is 313 g/mol. The van der Waals surface area contributed by atoms with E-state index in [0.29, 0.717) is 5.56 Å². The van der Waals surface area contributed by atoms with Crippen LogP contribution in [0.4, 0.5) is 11.4 Å². The Labute approximate surface area is 136 Å². The number of likely N-dealkylation sites (tertiary alicyclic amines) is 1. The van der Waals surface area contributed by atoms with Crippen molar-refractivity contribution in [2.24, 2.45) is 0 Å². The Morgan fingerprint density at radius 1 is 1.04 bits per heavy atom. The van der Waals surface area contributed by atoms with Gasteiger partial charge in [-0.15, -0.1) is 0 Å². The molecule has 23 heavy (non-hydrogen) atoms. The van der Waals surface area contributed by atoms with Gasteiger partial charge in [0.25, 0.3) is 5.91 Å². The lowest BCUT2D eigenvalue weighted by Crippen LogP contribution is -2.44. The van der Waals surface area contributed by atoms with Gasteiger partial charge in [0.1, 0.15) is 6.04 Å². The third-order valence-corrected chi connectivity index (χ3v) is 5.26. The van der Waals surface area contributed by atoms with Gasteiger partial charge in [-0.25, -0.2) is 0 Å². The number of amides is 2. The Morgan fingerprint density at radius 2 is 1.83 bits per heavy atom. The van der Waals surface area contributed by atoms with E-state index in [1.165, 1.54) is 12.8 Å². The van der Waals surface area contributed by atoms with Crippen LogP contribution in [0, 0.1) is 0 Å². The van der Waals surface area contributed by atoms with Crippen molar-refractivity contribution in [2.75, 3.05) is 29.9 Å². The van der Waals surface area contributed by atoms with Gasteiger partial charge < -0.3 is 15.1 Å². The molecule has 1 N–H and O–H groups in total. The van der Waals surface area contributed by atoms with Gasteiger partial charge in [-0.2, -0.15) is 0 Å². The number of benzene rings is 1. The number of hydrogen-bond donors (Lipinski definition) is 1. The molecule has 5 nitrogen and oxygen atoms in total. The van der Waals surface area contributed by atoms with Gasteiger partial charge in [0.2, 0.25) is 5.91 Å². The van der Waals surface area contributed by atoms with Crippen LogP contribution in [0.5, 0.6) is 0 Å². The molecule has 0 aromatic heterocycles. The molecule has 0 bridgehead atoms. The molecule has 1 aromatic rings. The largest absolute Gasteiger partial charge is 0.358 e. The van der Waals surface area contributed by atoms with E-state index in [-0.39, 0.29) is 17.9 Å². The lowest BCUT2D eigenvalue weighted by Gasteiger charge is -2.33. The molecular formula is C18H23N3O2. The number of anilines is 2. The van der Waals surface area contributed by atoms with Crippen molar-refractivity contribution in [3.05, 3.63) is 23.8 Å². The predicted molar refractivity (Wildman–Crippen MR) is 89.8 cm³/mol. The lowest BCUT2D eigenvalue weighted by molar-refractivity contribution is -0.117. The SMILES string of the molecule is O=C1Nc2cc(C(=O)N3CCCCCC3)ccc2N2CCC[C@@H]12. The maximum absolute atomic E-state index is 12.7. The van der Waals surface area contributed by atoms with Crippen LogP contribution < -0.4 is 10.2 Å². The van der Waals surface area contributed by atoms with Crippen LogP contribution in [-0.2, 0) is 4.79 Å². The van der Waals surface area contributed by atoms with Gasteiger partial charge >= 0.3 is 0 Å². The summed E-state index contributed by atoms with van der Waals surface area (Å²) in [5.74, 6) is 0.155. The van der Waals surface area contributed by atoms with E-state index >= 15 is 0 Å². The maximum Gasteiger partial charge on any atom is 0.253 e. The van der Waals surface area contributed by atoms with Gasteiger partial charge in [0.05, 0.1) is 11.4 Å². The summed E-state index contributed by atoms with van der Waals surface area (Å²) < 4.78 is 0. The summed E-state index contributed by atoms with van der Waals surface area (Å²) in [4.78, 5) is 29.1. The van der Waals surface area contributed by atoms with Crippen LogP contribution in [-0.4, -0.2) is 42.4 Å². The standard InChI is InChI=1S/C18H23N3O2/c22-17-16-6-5-11-21(16)15-8-7-13(12-14(15)19-17)18(23)20-9-3-1-2-4-10-20/h7-8,12,16H,1-6,9-11H2,(H,19,22)/t16-/m0/s1. The highest BCUT2D eigenvalue weighted by molar-refractivity contribution is 6.06. The minimum absolute atomic E-state index is 0.0327. The molecule has 4 rings (SSSR count). The summed E-state index contributed by atoms with van der Waals surface area (Å²) >= 11 is 0. The van der Waals surface area contributed by atoms with E-state index in [4.69, 9.17) is 0 Å². The maximum atomic E-state index is 12.7. The molecular weight excluding hydrogens is 290 g/mol. The van der Waals surface area contributed by atoms with Crippen LogP contribution >= 0.6 is 0 Å². The quantitative estimate of drug-likeness (QED) is 0.867. The summed E-state index contributed by atoms with van der Waals surface area (Å²) in [5.41, 5.74) is 2.52. The third kappa shape index (κ3) is 2.58. The highest BCUT2D eigenvalue weighted by Gasteiger charge is 2.36. The van der Waals surface area contributed by atoms with E-state index in [0.717, 1.165) is 56.7 Å². The molecule has 0 unspecified atom stereocenters. The molecule has 0 aliphatic carbocycles. The molecule has 3 aliphatic rings. The van der Waals surface area contributed by atoms with Crippen molar-refractivity contribution in [3.63, 3.8) is 0 Å². The Bertz CT molecular complexity index is 635. The van der Waals surface area contributed by atoms with Crippen LogP contribution in [0.3, 0.4) is 0 Å². The summed E-state index contributed by atoms with van der Waals surface area (Å²) in [6, 6.07) is 5.74. The lowest BCUT2D eigenvalue weighted by atomic mass is 10.1. The first kappa shape index (κ1) is 14.5.